The van der Waals surface area contributed by atoms with E-state index in [1.54, 1.807) is 24.3 Å². The Morgan fingerprint density at radius 2 is 1.89 bits per heavy atom. The average Bonchev–Trinajstić information content (AvgIpc) is 2.37. The van der Waals surface area contributed by atoms with Crippen molar-refractivity contribution >= 4 is 21.6 Å². The molecule has 0 radical (unpaired) electrons. The van der Waals surface area contributed by atoms with E-state index in [0.29, 0.717) is 11.3 Å². The van der Waals surface area contributed by atoms with E-state index in [0.717, 1.165) is 4.31 Å². The molecule has 0 fully saturated rings. The zero-order chi connectivity index (χ0) is 14.5. The van der Waals surface area contributed by atoms with Crippen molar-refractivity contribution in [2.75, 3.05) is 25.2 Å². The Bertz CT molecular complexity index is 586. The van der Waals surface area contributed by atoms with E-state index in [9.17, 15) is 13.2 Å². The molecule has 0 saturated heterocycles. The third-order valence-corrected chi connectivity index (χ3v) is 4.27. The first-order valence-electron chi connectivity index (χ1n) is 5.55. The van der Waals surface area contributed by atoms with Crippen LogP contribution in [0.3, 0.4) is 0 Å². The van der Waals surface area contributed by atoms with Crippen LogP contribution in [0.4, 0.5) is 5.69 Å². The molecule has 1 N–H and O–H groups in total. The van der Waals surface area contributed by atoms with E-state index >= 15 is 0 Å². The largest absolute Gasteiger partial charge is 0.326 e. The van der Waals surface area contributed by atoms with Gasteiger partial charge in [0.25, 0.3) is 0 Å². The van der Waals surface area contributed by atoms with Gasteiger partial charge in [-0.05, 0) is 24.3 Å². The maximum Gasteiger partial charge on any atom is 0.225 e. The van der Waals surface area contributed by atoms with Crippen LogP contribution in [0.5, 0.6) is 0 Å². The summed E-state index contributed by atoms with van der Waals surface area (Å²) in [4.78, 5) is 11.6. The van der Waals surface area contributed by atoms with Gasteiger partial charge in [0, 0.05) is 26.2 Å². The lowest BCUT2D eigenvalue weighted by molar-refractivity contribution is -0.115. The first-order chi connectivity index (χ1) is 8.85. The molecule has 0 atom stereocenters. The van der Waals surface area contributed by atoms with Gasteiger partial charge < -0.3 is 5.32 Å². The molecule has 0 aliphatic carbocycles. The lowest BCUT2D eigenvalue weighted by atomic mass is 10.2. The number of nitrogens with one attached hydrogen (secondary N) is 1. The molecule has 0 aliphatic rings. The molecule has 1 amide bonds. The number of anilines is 1. The zero-order valence-electron chi connectivity index (χ0n) is 10.8. The summed E-state index contributed by atoms with van der Waals surface area (Å²) in [6, 6.07) is 8.31. The summed E-state index contributed by atoms with van der Waals surface area (Å²) in [7, 11) is -0.518. The quantitative estimate of drug-likeness (QED) is 0.863. The highest BCUT2D eigenvalue weighted by Gasteiger charge is 2.15. The van der Waals surface area contributed by atoms with Gasteiger partial charge in [-0.25, -0.2) is 12.7 Å². The molecule has 19 heavy (non-hydrogen) atoms. The van der Waals surface area contributed by atoms with Gasteiger partial charge >= 0.3 is 0 Å². The Kier molecular flexibility index (Phi) is 5.03. The number of hydrogen-bond acceptors (Lipinski definition) is 4. The van der Waals surface area contributed by atoms with Crippen LogP contribution in [-0.2, 0) is 14.8 Å². The summed E-state index contributed by atoms with van der Waals surface area (Å²) in [5.41, 5.74) is 1.03. The lowest BCUT2D eigenvalue weighted by Gasteiger charge is -2.11. The highest BCUT2D eigenvalue weighted by atomic mass is 32.2. The number of amides is 1. The van der Waals surface area contributed by atoms with Gasteiger partial charge in [-0.1, -0.05) is 0 Å². The second-order valence-corrected chi connectivity index (χ2v) is 6.39. The van der Waals surface area contributed by atoms with Gasteiger partial charge in [0.2, 0.25) is 15.9 Å². The molecule has 1 aromatic carbocycles. The third-order valence-electron chi connectivity index (χ3n) is 2.44. The van der Waals surface area contributed by atoms with E-state index < -0.39 is 10.0 Å². The number of nitrogens with zero attached hydrogens (tertiary/aromatic N) is 2. The number of rotatable bonds is 5. The molecule has 0 aromatic heterocycles. The molecule has 0 saturated carbocycles. The van der Waals surface area contributed by atoms with Gasteiger partial charge in [0.1, 0.15) is 0 Å². The molecule has 0 spiro atoms. The Labute approximate surface area is 112 Å². The Morgan fingerprint density at radius 3 is 2.37 bits per heavy atom. The standard InChI is InChI=1S/C12H15N3O3S/c1-15(2)19(17,18)8-7-12(16)14-11-5-3-10(9-13)4-6-11/h3-6H,7-8H2,1-2H3,(H,14,16). The van der Waals surface area contributed by atoms with Crippen LogP contribution in [0.1, 0.15) is 12.0 Å². The summed E-state index contributed by atoms with van der Waals surface area (Å²) >= 11 is 0. The molecule has 6 nitrogen and oxygen atoms in total. The number of hydrogen-bond donors (Lipinski definition) is 1. The number of nitriles is 1. The molecule has 0 bridgehead atoms. The van der Waals surface area contributed by atoms with Crippen molar-refractivity contribution in [3.63, 3.8) is 0 Å². The minimum atomic E-state index is -3.37. The topological polar surface area (TPSA) is 90.3 Å². The van der Waals surface area contributed by atoms with Crippen LogP contribution >= 0.6 is 0 Å². The van der Waals surface area contributed by atoms with Crippen molar-refractivity contribution in [2.24, 2.45) is 0 Å². The highest BCUT2D eigenvalue weighted by Crippen LogP contribution is 2.09. The first-order valence-corrected chi connectivity index (χ1v) is 7.16. The van der Waals surface area contributed by atoms with Gasteiger partial charge in [-0.3, -0.25) is 4.79 Å². The van der Waals surface area contributed by atoms with E-state index in [4.69, 9.17) is 5.26 Å². The second-order valence-electron chi connectivity index (χ2n) is 4.09. The van der Waals surface area contributed by atoms with Crippen molar-refractivity contribution in [3.05, 3.63) is 29.8 Å². The minimum Gasteiger partial charge on any atom is -0.326 e. The molecule has 102 valence electrons. The SMILES string of the molecule is CN(C)S(=O)(=O)CCC(=O)Nc1ccc(C#N)cc1. The molecule has 1 rings (SSSR count). The molecule has 0 heterocycles. The molecule has 7 heteroatoms. The van der Waals surface area contributed by atoms with Crippen LogP contribution in [-0.4, -0.2) is 38.5 Å². The molecule has 0 aliphatic heterocycles. The van der Waals surface area contributed by atoms with Gasteiger partial charge in [-0.15, -0.1) is 0 Å². The summed E-state index contributed by atoms with van der Waals surface area (Å²) in [6.45, 7) is 0. The van der Waals surface area contributed by atoms with Crippen molar-refractivity contribution in [1.29, 1.82) is 5.26 Å². The normalized spacial score (nSPS) is 11.1. The molecule has 1 aromatic rings. The van der Waals surface area contributed by atoms with Crippen LogP contribution in [0.25, 0.3) is 0 Å². The summed E-state index contributed by atoms with van der Waals surface area (Å²) < 4.78 is 24.0. The maximum absolute atomic E-state index is 11.6. The maximum atomic E-state index is 11.6. The minimum absolute atomic E-state index is 0.111. The smallest absolute Gasteiger partial charge is 0.225 e. The van der Waals surface area contributed by atoms with Crippen molar-refractivity contribution in [2.45, 2.75) is 6.42 Å². The van der Waals surface area contributed by atoms with Crippen molar-refractivity contribution < 1.29 is 13.2 Å². The number of carbonyl (C=O) groups is 1. The number of benzene rings is 1. The predicted octanol–water partition coefficient (Wildman–Crippen LogP) is 0.778. The van der Waals surface area contributed by atoms with E-state index in [1.807, 2.05) is 6.07 Å². The van der Waals surface area contributed by atoms with E-state index in [2.05, 4.69) is 5.32 Å². The Morgan fingerprint density at radius 1 is 1.32 bits per heavy atom. The molecule has 0 unspecified atom stereocenters. The van der Waals surface area contributed by atoms with Gasteiger partial charge in [0.05, 0.1) is 17.4 Å². The fourth-order valence-electron chi connectivity index (χ4n) is 1.26. The van der Waals surface area contributed by atoms with Crippen LogP contribution < -0.4 is 5.32 Å². The number of carbonyl (C=O) groups excluding carboxylic acids is 1. The summed E-state index contributed by atoms with van der Waals surface area (Å²) in [5, 5.41) is 11.2. The fraction of sp³-hybridized carbons (Fsp3) is 0.333. The van der Waals surface area contributed by atoms with E-state index in [1.165, 1.54) is 14.1 Å². The predicted molar refractivity (Wildman–Crippen MR) is 71.9 cm³/mol. The Balaban J connectivity index is 2.54. The fourth-order valence-corrected chi connectivity index (χ4v) is 2.06. The Hall–Kier alpha value is -1.91. The summed E-state index contributed by atoms with van der Waals surface area (Å²) in [6.07, 6.45) is -0.111. The highest BCUT2D eigenvalue weighted by molar-refractivity contribution is 7.89. The van der Waals surface area contributed by atoms with Gasteiger partial charge in [-0.2, -0.15) is 5.26 Å². The van der Waals surface area contributed by atoms with E-state index in [-0.39, 0.29) is 18.1 Å². The van der Waals surface area contributed by atoms with Crippen molar-refractivity contribution in [3.8, 4) is 6.07 Å². The third kappa shape index (κ3) is 4.69. The first kappa shape index (κ1) is 15.1. The average molecular weight is 281 g/mol. The lowest BCUT2D eigenvalue weighted by Crippen LogP contribution is -2.27. The monoisotopic (exact) mass is 281 g/mol. The zero-order valence-corrected chi connectivity index (χ0v) is 11.6. The molecular formula is C12H15N3O3S. The van der Waals surface area contributed by atoms with Crippen LogP contribution in [0.2, 0.25) is 0 Å². The summed E-state index contributed by atoms with van der Waals surface area (Å²) in [5.74, 6) is -0.614. The number of sulfonamides is 1. The van der Waals surface area contributed by atoms with Crippen LogP contribution in [0, 0.1) is 11.3 Å². The van der Waals surface area contributed by atoms with Crippen molar-refractivity contribution in [1.82, 2.24) is 4.31 Å². The second kappa shape index (κ2) is 6.31. The van der Waals surface area contributed by atoms with Gasteiger partial charge in [0.15, 0.2) is 0 Å². The van der Waals surface area contributed by atoms with Crippen LogP contribution in [0.15, 0.2) is 24.3 Å². The molecular weight excluding hydrogens is 266 g/mol.